The Morgan fingerprint density at radius 1 is 1.23 bits per heavy atom. The molecule has 11 nitrogen and oxygen atoms in total. The molecule has 0 spiro atoms. The van der Waals surface area contributed by atoms with Crippen LogP contribution >= 0.6 is 0 Å². The van der Waals surface area contributed by atoms with Gasteiger partial charge in [0.2, 0.25) is 11.8 Å². The molecule has 2 aliphatic rings. The summed E-state index contributed by atoms with van der Waals surface area (Å²) in [6.07, 6.45) is 3.56. The summed E-state index contributed by atoms with van der Waals surface area (Å²) in [5.41, 5.74) is 1.71. The van der Waals surface area contributed by atoms with Crippen molar-refractivity contribution >= 4 is 23.9 Å². The third-order valence-electron chi connectivity index (χ3n) is 6.94. The SMILES string of the molecule is COc1cc(C=O)cc2c1O[C@@H]1[C@@H](O)[C@H](N(Cc3ccoc3)C(=O)CCCC(C)=O)C=C(C(=O)NCCO)[C@H]21. The highest BCUT2D eigenvalue weighted by Gasteiger charge is 2.51. The van der Waals surface area contributed by atoms with Gasteiger partial charge in [-0.3, -0.25) is 14.4 Å². The number of rotatable bonds is 12. The van der Waals surface area contributed by atoms with E-state index >= 15 is 0 Å². The van der Waals surface area contributed by atoms with Gasteiger partial charge in [-0.1, -0.05) is 0 Å². The molecule has 0 saturated carbocycles. The number of furan rings is 1. The van der Waals surface area contributed by atoms with Crippen LogP contribution in [0.1, 0.15) is 53.6 Å². The van der Waals surface area contributed by atoms with E-state index in [0.717, 1.165) is 0 Å². The van der Waals surface area contributed by atoms with E-state index in [1.165, 1.54) is 37.5 Å². The average molecular weight is 541 g/mol. The molecule has 4 atom stereocenters. The highest BCUT2D eigenvalue weighted by atomic mass is 16.5. The lowest BCUT2D eigenvalue weighted by Gasteiger charge is -2.40. The Kier molecular flexibility index (Phi) is 8.82. The van der Waals surface area contributed by atoms with E-state index in [2.05, 4.69) is 5.32 Å². The standard InChI is InChI=1S/C28H32N2O9/c1-16(33)4-3-5-23(34)30(13-17-6-9-38-15-17)21-12-20(28(36)29-7-8-31)24-19-10-18(14-32)11-22(37-2)26(19)39-27(24)25(21)35/h6,9-12,14-15,21,24-25,27,31,35H,3-5,7-8,13H2,1-2H3,(H,29,36)/t21-,24+,25+,27+/m1/s1. The second kappa shape index (κ2) is 12.3. The maximum absolute atomic E-state index is 13.4. The third kappa shape index (κ3) is 5.89. The van der Waals surface area contributed by atoms with Crippen LogP contribution in [-0.2, 0) is 20.9 Å². The number of nitrogens with zero attached hydrogens (tertiary/aromatic N) is 1. The van der Waals surface area contributed by atoms with Gasteiger partial charge in [0.15, 0.2) is 11.5 Å². The largest absolute Gasteiger partial charge is 0.493 e. The van der Waals surface area contributed by atoms with E-state index in [9.17, 15) is 29.4 Å². The number of benzene rings is 1. The lowest BCUT2D eigenvalue weighted by Crippen LogP contribution is -2.55. The van der Waals surface area contributed by atoms with E-state index in [4.69, 9.17) is 13.9 Å². The van der Waals surface area contributed by atoms with Crippen LogP contribution in [0.25, 0.3) is 0 Å². The zero-order valence-corrected chi connectivity index (χ0v) is 21.8. The van der Waals surface area contributed by atoms with Gasteiger partial charge < -0.3 is 39.1 Å². The number of ether oxygens (including phenoxy) is 2. The predicted molar refractivity (Wildman–Crippen MR) is 137 cm³/mol. The maximum Gasteiger partial charge on any atom is 0.247 e. The minimum atomic E-state index is -1.26. The molecule has 0 fully saturated rings. The number of aldehydes is 1. The number of carbonyl (C=O) groups excluding carboxylic acids is 4. The molecule has 0 unspecified atom stereocenters. The summed E-state index contributed by atoms with van der Waals surface area (Å²) >= 11 is 0. The Hall–Kier alpha value is -3.96. The lowest BCUT2D eigenvalue weighted by molar-refractivity contribution is -0.138. The molecule has 2 aromatic rings. The van der Waals surface area contributed by atoms with Gasteiger partial charge in [-0.15, -0.1) is 0 Å². The number of nitrogens with one attached hydrogen (secondary N) is 1. The van der Waals surface area contributed by atoms with Gasteiger partial charge >= 0.3 is 0 Å². The molecule has 3 N–H and O–H groups in total. The quantitative estimate of drug-likeness (QED) is 0.340. The Morgan fingerprint density at radius 3 is 2.67 bits per heavy atom. The number of fused-ring (bicyclic) bond motifs is 3. The number of aliphatic hydroxyl groups excluding tert-OH is 2. The molecule has 1 aliphatic heterocycles. The minimum absolute atomic E-state index is 0.00506. The molecule has 1 aromatic carbocycles. The topological polar surface area (TPSA) is 156 Å². The number of carbonyl (C=O) groups is 4. The van der Waals surface area contributed by atoms with Crippen LogP contribution in [0.4, 0.5) is 0 Å². The molecule has 0 radical (unpaired) electrons. The average Bonchev–Trinajstić information content (AvgIpc) is 3.58. The van der Waals surface area contributed by atoms with Gasteiger partial charge in [-0.05, 0) is 37.6 Å². The monoisotopic (exact) mass is 540 g/mol. The van der Waals surface area contributed by atoms with Crippen LogP contribution in [0.15, 0.2) is 46.8 Å². The molecule has 1 aliphatic carbocycles. The highest BCUT2D eigenvalue weighted by Crippen LogP contribution is 2.51. The molecule has 39 heavy (non-hydrogen) atoms. The Balaban J connectivity index is 1.77. The van der Waals surface area contributed by atoms with Crippen molar-refractivity contribution in [1.29, 1.82) is 0 Å². The fourth-order valence-corrected chi connectivity index (χ4v) is 5.13. The van der Waals surface area contributed by atoms with Crippen LogP contribution in [0.3, 0.4) is 0 Å². The molecular formula is C28H32N2O9. The van der Waals surface area contributed by atoms with Crippen molar-refractivity contribution in [3.63, 3.8) is 0 Å². The Bertz CT molecular complexity index is 1250. The number of hydrogen-bond acceptors (Lipinski definition) is 9. The first-order valence-corrected chi connectivity index (χ1v) is 12.7. The summed E-state index contributed by atoms with van der Waals surface area (Å²) in [6, 6.07) is 3.82. The number of methoxy groups -OCH3 is 1. The first-order valence-electron chi connectivity index (χ1n) is 12.7. The second-order valence-electron chi connectivity index (χ2n) is 9.61. The molecule has 208 valence electrons. The van der Waals surface area contributed by atoms with E-state index in [-0.39, 0.29) is 55.6 Å². The lowest BCUT2D eigenvalue weighted by atomic mass is 9.77. The Labute approximate surface area is 225 Å². The van der Waals surface area contributed by atoms with Gasteiger partial charge in [0.1, 0.15) is 24.3 Å². The smallest absolute Gasteiger partial charge is 0.247 e. The minimum Gasteiger partial charge on any atom is -0.493 e. The van der Waals surface area contributed by atoms with Crippen molar-refractivity contribution in [2.45, 2.75) is 56.9 Å². The van der Waals surface area contributed by atoms with E-state index < -0.39 is 30.1 Å². The summed E-state index contributed by atoms with van der Waals surface area (Å²) < 4.78 is 16.8. The summed E-state index contributed by atoms with van der Waals surface area (Å²) in [5.74, 6) is -1.04. The van der Waals surface area contributed by atoms with Crippen LogP contribution < -0.4 is 14.8 Å². The number of aliphatic hydroxyl groups is 2. The zero-order chi connectivity index (χ0) is 28.1. The van der Waals surface area contributed by atoms with Crippen molar-refractivity contribution in [3.05, 3.63) is 59.1 Å². The van der Waals surface area contributed by atoms with Gasteiger partial charge in [-0.2, -0.15) is 0 Å². The Morgan fingerprint density at radius 2 is 2.03 bits per heavy atom. The van der Waals surface area contributed by atoms with E-state index in [1.54, 1.807) is 18.2 Å². The van der Waals surface area contributed by atoms with Gasteiger partial charge in [-0.25, -0.2) is 0 Å². The van der Waals surface area contributed by atoms with Crippen LogP contribution in [0.5, 0.6) is 11.5 Å². The van der Waals surface area contributed by atoms with Crippen molar-refractivity contribution < 1.29 is 43.3 Å². The van der Waals surface area contributed by atoms with Gasteiger partial charge in [0.05, 0.1) is 38.2 Å². The first-order chi connectivity index (χ1) is 18.8. The van der Waals surface area contributed by atoms with E-state index in [0.29, 0.717) is 35.1 Å². The van der Waals surface area contributed by atoms with Gasteiger partial charge in [0.25, 0.3) is 0 Å². The fraction of sp³-hybridized carbons (Fsp3) is 0.429. The maximum atomic E-state index is 13.4. The molecule has 0 bridgehead atoms. The number of amides is 2. The molecule has 0 saturated heterocycles. The molecule has 2 amide bonds. The summed E-state index contributed by atoms with van der Waals surface area (Å²) in [5, 5.41) is 23.5. The molecule has 1 aromatic heterocycles. The zero-order valence-electron chi connectivity index (χ0n) is 21.8. The number of Topliss-reactive ketones (excluding diaryl/α,β-unsaturated/α-hetero) is 1. The third-order valence-corrected chi connectivity index (χ3v) is 6.94. The summed E-state index contributed by atoms with van der Waals surface area (Å²) in [6.45, 7) is 1.26. The second-order valence-corrected chi connectivity index (χ2v) is 9.61. The van der Waals surface area contributed by atoms with Crippen molar-refractivity contribution in [2.24, 2.45) is 0 Å². The number of ketones is 1. The van der Waals surface area contributed by atoms with Crippen molar-refractivity contribution in [2.75, 3.05) is 20.3 Å². The van der Waals surface area contributed by atoms with Crippen LogP contribution in [0, 0.1) is 0 Å². The normalized spacial score (nSPS) is 21.2. The first kappa shape index (κ1) is 28.1. The summed E-state index contributed by atoms with van der Waals surface area (Å²) in [4.78, 5) is 51.3. The van der Waals surface area contributed by atoms with Crippen molar-refractivity contribution in [3.8, 4) is 11.5 Å². The molecule has 4 rings (SSSR count). The summed E-state index contributed by atoms with van der Waals surface area (Å²) in [7, 11) is 1.42. The molecule has 11 heteroatoms. The number of hydrogen-bond donors (Lipinski definition) is 3. The molecular weight excluding hydrogens is 508 g/mol. The van der Waals surface area contributed by atoms with E-state index in [1.807, 2.05) is 0 Å². The van der Waals surface area contributed by atoms with Crippen LogP contribution in [-0.4, -0.2) is 77.5 Å². The molecule has 2 heterocycles. The fourth-order valence-electron chi connectivity index (χ4n) is 5.13. The van der Waals surface area contributed by atoms with Crippen LogP contribution in [0.2, 0.25) is 0 Å². The highest BCUT2D eigenvalue weighted by molar-refractivity contribution is 5.96. The van der Waals surface area contributed by atoms with Crippen molar-refractivity contribution in [1.82, 2.24) is 10.2 Å². The van der Waals surface area contributed by atoms with Gasteiger partial charge in [0, 0.05) is 48.2 Å². The predicted octanol–water partition coefficient (Wildman–Crippen LogP) is 1.51.